The van der Waals surface area contributed by atoms with Crippen LogP contribution < -0.4 is 70.5 Å². The summed E-state index contributed by atoms with van der Waals surface area (Å²) in [6.45, 7) is 37.8. The molecule has 16 heterocycles. The van der Waals surface area contributed by atoms with E-state index in [2.05, 4.69) is 154 Å². The van der Waals surface area contributed by atoms with Gasteiger partial charge < -0.3 is 56.3 Å². The minimum atomic E-state index is -4.27. The van der Waals surface area contributed by atoms with Crippen LogP contribution in [0.15, 0.2) is 197 Å². The van der Waals surface area contributed by atoms with Gasteiger partial charge in [-0.25, -0.2) is 72.8 Å². The topological polar surface area (TPSA) is 518 Å². The standard InChI is InChI=1S/C28H36N6O3S.C27H30FN5O4S.C26H35N7O4S.C23H29N5O4S/c1-18(2)16-19(3)31-25-14-11-22(17-30-25)24-13-12-23(27(32-24)34-20(4)9-10-21(34)5)28(35)33-38(36,37)26-8-6-7-15-29-26;1-16(2)15-37-21-11-19(10-20(28)12-21)23-7-6-22(26(30-23)33-13-17-8-18(9-17)14-33)27(34)32-38(35,36)25-5-3-4-24(29)31-25;1-16(2)15-37-25-18(4)14-33(30-25)21-11-10-19(23(29-21)32-13-17(3)12-26(32,5)6)24(34)31-38(35,36)22-9-7-8-20(27)28-22;1-15-12-23(2,3)28(13-15)21-17(9-10-18(25-21)16-6-5-11-32-14-16)22(29)27-33(30,31)20-8-4-7-19(24)26-20/h6-8,11-15,17-21H,9-10,16H2,1-5H3,(H,30,31)(H,33,35);3-7,10-12,16-18H,8-9,13-15H2,1-2H3,(H2,29,31)(H,32,34);7-11,14,16-17H,12-13,15H2,1-6H3,(H2,27,28)(H,31,34);4,7-10,14-15H,5-6,11-13H2,1-3H3,(H2,24,26)(H,27,29)/t19-,20-,21+;;17-;15-/m1.00/s1. The average molecular weight is 2090 g/mol. The lowest BCUT2D eigenvalue weighted by atomic mass is 9.71. The number of aromatic nitrogens is 11. The molecule has 6 aliphatic heterocycles. The Morgan fingerprint density at radius 3 is 1.44 bits per heavy atom. The van der Waals surface area contributed by atoms with Gasteiger partial charge in [-0.05, 0) is 276 Å². The smallest absolute Gasteiger partial charge is 0.281 e. The SMILES string of the molecule is CC(C)COc1cc(F)cc(-c2ccc(C(=O)NS(=O)(=O)c3cccc(N)n3)c(N3CC4CC(C4)C3)n2)c1.CC(C)C[C@@H](C)Nc1ccc(-c2ccc(C(=O)NS(=O)(=O)c3ccccn3)c(N3[C@H](C)CC[C@@H]3C)n2)cn1.C[C@@H]1CN(c2nc(C3=COCCC3)ccc2C(=O)NS(=O)(=O)c2cccc(N)n2)C(C)(C)C1.Cc1cn(-c2ccc(C(=O)NS(=O)(=O)c3cccc(N)n3)c(N3C[C@@H](C)CC3(C)C)n2)nc1OCC(C)C. The van der Waals surface area contributed by atoms with Gasteiger partial charge in [0.1, 0.15) is 58.1 Å². The summed E-state index contributed by atoms with van der Waals surface area (Å²) in [6, 6.07) is 39.0. The molecule has 1 aliphatic carbocycles. The molecule has 0 unspecified atom stereocenters. The van der Waals surface area contributed by atoms with E-state index in [-0.39, 0.29) is 88.9 Å². The maximum Gasteiger partial charge on any atom is 0.281 e. The van der Waals surface area contributed by atoms with E-state index in [1.807, 2.05) is 48.9 Å². The minimum Gasteiger partial charge on any atom is -0.501 e. The first-order valence-electron chi connectivity index (χ1n) is 49.1. The summed E-state index contributed by atoms with van der Waals surface area (Å²) in [5.74, 6) is 3.28. The van der Waals surface area contributed by atoms with E-state index < -0.39 is 69.5 Å². The number of amides is 4. The molecule has 2 bridgehead atoms. The number of carbonyl (C=O) groups excluding carboxylic acids is 4. The fourth-order valence-electron chi connectivity index (χ4n) is 19.1. The number of rotatable bonds is 30. The molecule has 147 heavy (non-hydrogen) atoms. The maximum absolute atomic E-state index is 14.5. The number of sulfonamides is 4. The van der Waals surface area contributed by atoms with Gasteiger partial charge in [0.15, 0.2) is 25.9 Å². The number of pyridine rings is 9. The lowest BCUT2D eigenvalue weighted by molar-refractivity contribution is 0.0971. The molecular formula is C104H130FN23O15S4. The van der Waals surface area contributed by atoms with E-state index in [0.29, 0.717) is 145 Å². The molecule has 0 spiro atoms. The Labute approximate surface area is 858 Å². The Hall–Kier alpha value is -14.1. The van der Waals surface area contributed by atoms with Crippen molar-refractivity contribution >= 4 is 116 Å². The van der Waals surface area contributed by atoms with Crippen molar-refractivity contribution < 1.29 is 71.5 Å². The van der Waals surface area contributed by atoms with Gasteiger partial charge in [0, 0.05) is 102 Å². The summed E-state index contributed by atoms with van der Waals surface area (Å²) in [5, 5.41) is 6.74. The van der Waals surface area contributed by atoms with Crippen molar-refractivity contribution in [3.8, 4) is 40.0 Å². The van der Waals surface area contributed by atoms with Gasteiger partial charge >= 0.3 is 0 Å². The van der Waals surface area contributed by atoms with Gasteiger partial charge in [0.2, 0.25) is 5.88 Å². The quantitative estimate of drug-likeness (QED) is 0.0207. The third-order valence-electron chi connectivity index (χ3n) is 25.7. The lowest BCUT2D eigenvalue weighted by Crippen LogP contribution is -2.49. The fraction of sp³-hybridized carbons (Fsp3) is 0.423. The fourth-order valence-corrected chi connectivity index (χ4v) is 22.9. The number of carbonyl (C=O) groups is 4. The van der Waals surface area contributed by atoms with Crippen molar-refractivity contribution in [2.24, 2.45) is 41.4 Å². The molecule has 5 saturated heterocycles. The van der Waals surface area contributed by atoms with Gasteiger partial charge in [0.25, 0.3) is 63.7 Å². The number of aryl methyl sites for hydroxylation is 1. The van der Waals surface area contributed by atoms with Crippen LogP contribution in [0.2, 0.25) is 0 Å². The highest BCUT2D eigenvalue weighted by Gasteiger charge is 2.44. The molecule has 38 nitrogen and oxygen atoms in total. The van der Waals surface area contributed by atoms with Crippen LogP contribution in [0.5, 0.6) is 11.6 Å². The number of nitrogens with one attached hydrogen (secondary N) is 5. The van der Waals surface area contributed by atoms with Crippen LogP contribution in [-0.4, -0.2) is 187 Å². The number of piperidine rings is 2. The number of benzene rings is 1. The van der Waals surface area contributed by atoms with Crippen molar-refractivity contribution in [3.63, 3.8) is 0 Å². The van der Waals surface area contributed by atoms with Crippen molar-refractivity contribution in [3.05, 3.63) is 216 Å². The van der Waals surface area contributed by atoms with Crippen molar-refractivity contribution in [2.45, 2.75) is 218 Å². The summed E-state index contributed by atoms with van der Waals surface area (Å²) in [5.41, 5.74) is 21.9. The summed E-state index contributed by atoms with van der Waals surface area (Å²) in [6.07, 6.45) is 15.4. The van der Waals surface area contributed by atoms with Crippen LogP contribution in [0.4, 0.5) is 50.9 Å². The Morgan fingerprint density at radius 2 is 0.973 bits per heavy atom. The predicted octanol–water partition coefficient (Wildman–Crippen LogP) is 15.0. The van der Waals surface area contributed by atoms with Crippen LogP contribution in [0.25, 0.3) is 33.9 Å². The number of fused-ring (bicyclic) bond motifs is 2. The van der Waals surface area contributed by atoms with Crippen molar-refractivity contribution in [1.82, 2.24) is 73.5 Å². The predicted molar refractivity (Wildman–Crippen MR) is 562 cm³/mol. The molecule has 11 N–H and O–H groups in total. The Kier molecular flexibility index (Phi) is 33.6. The summed E-state index contributed by atoms with van der Waals surface area (Å²) in [4.78, 5) is 101. The number of ether oxygens (including phenoxy) is 3. The second kappa shape index (κ2) is 45.5. The summed E-state index contributed by atoms with van der Waals surface area (Å²) in [7, 11) is -16.9. The zero-order chi connectivity index (χ0) is 106. The minimum absolute atomic E-state index is 0.0198. The first kappa shape index (κ1) is 109. The molecule has 5 atom stereocenters. The molecule has 1 saturated carbocycles. The van der Waals surface area contributed by atoms with Crippen LogP contribution in [0.3, 0.4) is 0 Å². The third kappa shape index (κ3) is 27.1. The number of hydrogen-bond donors (Lipinski definition) is 8. The van der Waals surface area contributed by atoms with E-state index in [1.54, 1.807) is 77.8 Å². The molecule has 782 valence electrons. The normalized spacial score (nSPS) is 18.5. The molecule has 0 radical (unpaired) electrons. The van der Waals surface area contributed by atoms with Crippen molar-refractivity contribution in [1.29, 1.82) is 0 Å². The zero-order valence-corrected chi connectivity index (χ0v) is 88.7. The third-order valence-corrected chi connectivity index (χ3v) is 30.7. The molecule has 43 heteroatoms. The maximum atomic E-state index is 14.5. The van der Waals surface area contributed by atoms with Gasteiger partial charge in [0.05, 0.1) is 65.4 Å². The molecule has 1 aromatic carbocycles. The highest BCUT2D eigenvalue weighted by Crippen LogP contribution is 2.45. The number of hydrogen-bond acceptors (Lipinski definition) is 33. The van der Waals surface area contributed by atoms with E-state index in [0.717, 1.165) is 86.0 Å². The number of halogens is 1. The molecule has 18 rings (SSSR count). The van der Waals surface area contributed by atoms with E-state index in [4.69, 9.17) is 51.3 Å². The Bertz CT molecular complexity index is 7160. The first-order valence-corrected chi connectivity index (χ1v) is 55.1. The highest BCUT2D eigenvalue weighted by atomic mass is 32.2. The zero-order valence-electron chi connectivity index (χ0n) is 85.4. The number of allylic oxidation sites excluding steroid dienone is 1. The van der Waals surface area contributed by atoms with Crippen molar-refractivity contribution in [2.75, 3.05) is 88.1 Å². The van der Waals surface area contributed by atoms with Gasteiger partial charge in [-0.1, -0.05) is 79.7 Å². The molecule has 7 aliphatic rings. The molecular weight excluding hydrogens is 1960 g/mol. The lowest BCUT2D eigenvalue weighted by Gasteiger charge is -2.48. The van der Waals surface area contributed by atoms with E-state index >= 15 is 0 Å². The average Bonchev–Trinajstić information content (AvgIpc) is 1.59. The Morgan fingerprint density at radius 1 is 0.503 bits per heavy atom. The van der Waals surface area contributed by atoms with E-state index in [9.17, 15) is 57.2 Å². The summed E-state index contributed by atoms with van der Waals surface area (Å²) >= 11 is 0. The number of nitrogens with two attached hydrogens (primary N) is 3. The van der Waals surface area contributed by atoms with Gasteiger partial charge in [-0.15, -0.1) is 5.10 Å². The monoisotopic (exact) mass is 2090 g/mol. The molecule has 11 aromatic rings. The van der Waals surface area contributed by atoms with Crippen LogP contribution >= 0.6 is 0 Å². The second-order valence-electron chi connectivity index (χ2n) is 41.0. The van der Waals surface area contributed by atoms with Gasteiger partial charge in [-0.2, -0.15) is 33.7 Å². The number of nitrogens with zero attached hydrogens (tertiary/aromatic N) is 15. The first-order chi connectivity index (χ1) is 69.4. The van der Waals surface area contributed by atoms with Crippen LogP contribution in [0.1, 0.15) is 214 Å². The molecule has 4 amide bonds. The molecule has 6 fully saturated rings. The summed E-state index contributed by atoms with van der Waals surface area (Å²) < 4.78 is 144. The Balaban J connectivity index is 0.000000155. The number of anilines is 8. The van der Waals surface area contributed by atoms with E-state index in [1.165, 1.54) is 85.1 Å². The van der Waals surface area contributed by atoms with Crippen LogP contribution in [-0.2, 0) is 44.8 Å². The van der Waals surface area contributed by atoms with Crippen LogP contribution in [0, 0.1) is 54.2 Å². The number of nitrogen functional groups attached to an aromatic ring is 3. The largest absolute Gasteiger partial charge is 0.501 e. The van der Waals surface area contributed by atoms with Gasteiger partial charge in [-0.3, -0.25) is 19.2 Å². The second-order valence-corrected chi connectivity index (χ2v) is 47.5. The molecule has 10 aromatic heterocycles. The highest BCUT2D eigenvalue weighted by molar-refractivity contribution is 7.90.